The molecule has 2 saturated carbocycles. The van der Waals surface area contributed by atoms with Crippen molar-refractivity contribution in [3.63, 3.8) is 0 Å². The molecule has 0 spiro atoms. The van der Waals surface area contributed by atoms with E-state index < -0.39 is 48.1 Å². The molecule has 0 amide bonds. The minimum absolute atomic E-state index is 0. The minimum Gasteiger partial charge on any atom is -0.103 e. The summed E-state index contributed by atoms with van der Waals surface area (Å²) in [6.07, 6.45) is 47.6. The molecule has 2 fully saturated rings. The molecule has 0 aliphatic heterocycles. The monoisotopic (exact) mass is 1270 g/mol. The Balaban J connectivity index is 0.000000360. The molecule has 0 unspecified atom stereocenters. The molecule has 0 atom stereocenters. The van der Waals surface area contributed by atoms with Crippen molar-refractivity contribution in [2.75, 3.05) is 0 Å². The molecule has 10 radical (unpaired) electrons. The van der Waals surface area contributed by atoms with Crippen molar-refractivity contribution in [2.45, 2.75) is 122 Å². The van der Waals surface area contributed by atoms with Crippen LogP contribution in [0.5, 0.6) is 0 Å². The summed E-state index contributed by atoms with van der Waals surface area (Å²) < 4.78 is 0. The quantitative estimate of drug-likeness (QED) is 0.0236. The van der Waals surface area contributed by atoms with Crippen LogP contribution in [0.4, 0.5) is 0 Å². The van der Waals surface area contributed by atoms with Gasteiger partial charge < -0.3 is 0 Å². The van der Waals surface area contributed by atoms with Gasteiger partial charge in [-0.2, -0.15) is 0 Å². The number of hydrogen-bond donors (Lipinski definition) is 0. The fourth-order valence-corrected chi connectivity index (χ4v) is 32.3. The van der Waals surface area contributed by atoms with Gasteiger partial charge in [0.05, 0.1) is 32.3 Å². The average molecular weight is 1270 g/mol. The molecule has 0 N–H and O–H groups in total. The Morgan fingerprint density at radius 1 is 0.247 bits per heavy atom. The molecule has 0 bridgehead atoms. The molecule has 0 nitrogen and oxygen atoms in total. The molecule has 4 aromatic rings. The summed E-state index contributed by atoms with van der Waals surface area (Å²) in [7, 11) is -7.23. The topological polar surface area (TPSA) is 0 Å². The fraction of sp³-hybridized carbons (Fsp3) is 0.256. The molecule has 0 aromatic heterocycles. The van der Waals surface area contributed by atoms with Crippen LogP contribution in [-0.4, -0.2) is 32.3 Å². The van der Waals surface area contributed by atoms with Crippen molar-refractivity contribution in [1.82, 2.24) is 0 Å². The normalized spacial score (nSPS) is 13.9. The molecule has 6 rings (SSSR count). The van der Waals surface area contributed by atoms with Crippen molar-refractivity contribution < 1.29 is 17.1 Å². The molecule has 7 heteroatoms. The van der Waals surface area contributed by atoms with Gasteiger partial charge in [-0.1, -0.05) is 194 Å². The van der Waals surface area contributed by atoms with Crippen molar-refractivity contribution in [2.24, 2.45) is 0 Å². The largest absolute Gasteiger partial charge is 2.00 e. The fourth-order valence-electron chi connectivity index (χ4n) is 12.7. The van der Waals surface area contributed by atoms with E-state index >= 15 is 0 Å². The predicted molar refractivity (Wildman–Crippen MR) is 396 cm³/mol. The number of benzene rings is 4. The van der Waals surface area contributed by atoms with Crippen LogP contribution in [0.3, 0.4) is 0 Å². The van der Waals surface area contributed by atoms with Crippen molar-refractivity contribution in [3.05, 3.63) is 334 Å². The second-order valence-electron chi connectivity index (χ2n) is 23.5. The van der Waals surface area contributed by atoms with Crippen LogP contribution in [-0.2, 0) is 42.8 Å². The second kappa shape index (κ2) is 39.8. The number of allylic oxidation sites excluding steroid dienone is 12. The Labute approximate surface area is 538 Å². The first kappa shape index (κ1) is 73.5. The first-order chi connectivity index (χ1) is 40.9. The van der Waals surface area contributed by atoms with E-state index in [-0.39, 0.29) is 17.1 Å². The van der Waals surface area contributed by atoms with Crippen LogP contribution in [0, 0.1) is 62.7 Å². The summed E-state index contributed by atoms with van der Waals surface area (Å²) in [5.41, 5.74) is 8.51. The second-order valence-corrected chi connectivity index (χ2v) is 46.9. The average Bonchev–Trinajstić information content (AvgIpc) is 4.48. The Bertz CT molecular complexity index is 2230. The maximum Gasteiger partial charge on any atom is 2.00 e. The van der Waals surface area contributed by atoms with Gasteiger partial charge in [-0.15, -0.1) is 78.9 Å². The van der Waals surface area contributed by atoms with Crippen LogP contribution in [0.1, 0.15) is 22.3 Å². The van der Waals surface area contributed by atoms with Gasteiger partial charge in [0, 0.05) is 11.3 Å². The standard InChI is InChI=1S/2C39H50PSi2.Fe/c2*1-7-27-41(28-8-2,29-9-3)33-25-35-17-21-38(22-18-35)40(37-15-13-14-16-37)39-23-19-36(20-24-39)26-34-42(30-10-4,31-11-5)32-12-6;/h2*7-24H,1-6,25-34H2;/q;;+2. The molecule has 85 heavy (non-hydrogen) atoms. The molecular weight excluding hydrogens is 1170 g/mol. The van der Waals surface area contributed by atoms with Gasteiger partial charge in [0.1, 0.15) is 0 Å². The first-order valence-corrected chi connectivity index (χ1v) is 44.6. The third-order valence-corrected chi connectivity index (χ3v) is 41.3. The zero-order valence-corrected chi connectivity index (χ0v) is 58.6. The first-order valence-electron chi connectivity index (χ1n) is 30.7. The van der Waals surface area contributed by atoms with Gasteiger partial charge in [-0.25, -0.2) is 0 Å². The van der Waals surface area contributed by atoms with Gasteiger partial charge in [-0.3, -0.25) is 0 Å². The van der Waals surface area contributed by atoms with E-state index in [0.29, 0.717) is 0 Å². The summed E-state index contributed by atoms with van der Waals surface area (Å²) in [6.45, 7) is 48.7. The molecule has 0 heterocycles. The van der Waals surface area contributed by atoms with Gasteiger partial charge in [0.2, 0.25) is 0 Å². The van der Waals surface area contributed by atoms with E-state index in [1.54, 1.807) is 0 Å². The minimum atomic E-state index is -1.51. The molecule has 4 aromatic carbocycles. The zero-order valence-electron chi connectivity index (χ0n) is 51.7. The Kier molecular flexibility index (Phi) is 34.4. The zero-order chi connectivity index (χ0) is 60.5. The summed E-state index contributed by atoms with van der Waals surface area (Å²) in [5, 5.41) is 5.64. The van der Waals surface area contributed by atoms with E-state index in [0.717, 1.165) is 98.2 Å². The predicted octanol–water partition coefficient (Wildman–Crippen LogP) is 21.2. The third kappa shape index (κ3) is 22.8. The van der Waals surface area contributed by atoms with Crippen LogP contribution < -0.4 is 21.2 Å². The van der Waals surface area contributed by atoms with Crippen molar-refractivity contribution >= 4 is 69.4 Å². The molecule has 2 aliphatic rings. The summed E-state index contributed by atoms with van der Waals surface area (Å²) in [4.78, 5) is 0. The van der Waals surface area contributed by atoms with Crippen molar-refractivity contribution in [3.8, 4) is 0 Å². The summed E-state index contributed by atoms with van der Waals surface area (Å²) in [6, 6.07) is 56.4. The third-order valence-electron chi connectivity index (χ3n) is 17.3. The maximum atomic E-state index is 4.06. The van der Waals surface area contributed by atoms with Gasteiger partial charge >= 0.3 is 17.1 Å². The van der Waals surface area contributed by atoms with E-state index in [2.05, 4.69) is 300 Å². The molecule has 2 aliphatic carbocycles. The van der Waals surface area contributed by atoms with E-state index in [9.17, 15) is 0 Å². The van der Waals surface area contributed by atoms with E-state index in [1.807, 2.05) is 0 Å². The maximum absolute atomic E-state index is 4.06. The van der Waals surface area contributed by atoms with Gasteiger partial charge in [-0.05, 0) is 209 Å². The van der Waals surface area contributed by atoms with Gasteiger partial charge in [0.15, 0.2) is 0 Å². The number of hydrogen-bond acceptors (Lipinski definition) is 0. The van der Waals surface area contributed by atoms with Crippen LogP contribution in [0.2, 0.25) is 96.7 Å². The smallest absolute Gasteiger partial charge is 0.103 e. The van der Waals surface area contributed by atoms with Crippen LogP contribution in [0.15, 0.2) is 249 Å². The van der Waals surface area contributed by atoms with E-state index in [4.69, 9.17) is 0 Å². The molecular formula is C78H100FeP2Si4+2. The number of rotatable bonds is 42. The Morgan fingerprint density at radius 3 is 0.541 bits per heavy atom. The Hall–Kier alpha value is -3.99. The summed E-state index contributed by atoms with van der Waals surface area (Å²) >= 11 is 0. The van der Waals surface area contributed by atoms with E-state index in [1.165, 1.54) is 79.0 Å². The molecule has 444 valence electrons. The number of aryl methyl sites for hydroxylation is 4. The SMILES string of the molecule is C=CC[Si](CC=C)(CC=C)CCc1ccc(P([C]2[CH][CH][CH][CH]2)c2ccc(CC[Si](CC=C)(CC=C)CC=C)cc2)cc1.C=CC[Si](CC=C)(CC=C)CCc1ccc(P([C]2[CH][CH][CH][CH]2)c2ccc(CC[Si](CC=C)(CC=C)CC=C)cc2)cc1.[Fe+2]. The van der Waals surface area contributed by atoms with Crippen LogP contribution in [0.25, 0.3) is 0 Å². The molecule has 0 saturated heterocycles. The van der Waals surface area contributed by atoms with Crippen molar-refractivity contribution in [1.29, 1.82) is 0 Å². The van der Waals surface area contributed by atoms with Crippen LogP contribution >= 0.6 is 15.8 Å². The Morgan fingerprint density at radius 2 is 0.400 bits per heavy atom. The summed E-state index contributed by atoms with van der Waals surface area (Å²) in [5.74, 6) is 0. The van der Waals surface area contributed by atoms with Gasteiger partial charge in [0.25, 0.3) is 0 Å².